The van der Waals surface area contributed by atoms with E-state index in [4.69, 9.17) is 19.7 Å². The number of hydrogen-bond donors (Lipinski definition) is 7. The minimum absolute atomic E-state index is 0.427. The molecule has 0 saturated carbocycles. The number of carboxylic acids is 2. The minimum Gasteiger partial charge on any atom is -0.479 e. The number of carboxylic acid groups (broad SMARTS) is 2. The molecule has 0 amide bonds. The van der Waals surface area contributed by atoms with Crippen molar-refractivity contribution in [3.63, 3.8) is 0 Å². The highest BCUT2D eigenvalue weighted by molar-refractivity contribution is 5.73. The monoisotopic (exact) mass is 354 g/mol. The molecule has 2 fully saturated rings. The van der Waals surface area contributed by atoms with Crippen LogP contribution in [0.3, 0.4) is 0 Å². The summed E-state index contributed by atoms with van der Waals surface area (Å²) in [4.78, 5) is 22.1. The lowest BCUT2D eigenvalue weighted by Crippen LogP contribution is -2.63. The van der Waals surface area contributed by atoms with Gasteiger partial charge in [-0.05, 0) is 0 Å². The summed E-state index contributed by atoms with van der Waals surface area (Å²) in [6.07, 6.45) is -16.6. The fraction of sp³-hybridized carbons (Fsp3) is 0.833. The molecule has 2 rings (SSSR count). The van der Waals surface area contributed by atoms with Crippen molar-refractivity contribution in [3.8, 4) is 0 Å². The Labute approximate surface area is 134 Å². The van der Waals surface area contributed by atoms with E-state index in [0.29, 0.717) is 0 Å². The van der Waals surface area contributed by atoms with Crippen molar-refractivity contribution < 1.29 is 59.5 Å². The molecule has 2 saturated heterocycles. The van der Waals surface area contributed by atoms with Crippen molar-refractivity contribution in [2.24, 2.45) is 0 Å². The largest absolute Gasteiger partial charge is 0.479 e. The third-order valence-corrected chi connectivity index (χ3v) is 3.80. The average molecular weight is 354 g/mol. The third kappa shape index (κ3) is 3.65. The van der Waals surface area contributed by atoms with E-state index in [9.17, 15) is 35.1 Å². The molecule has 1 unspecified atom stereocenters. The van der Waals surface area contributed by atoms with Gasteiger partial charge >= 0.3 is 11.9 Å². The Morgan fingerprint density at radius 1 is 0.875 bits per heavy atom. The summed E-state index contributed by atoms with van der Waals surface area (Å²) in [5.74, 6) is -3.09. The van der Waals surface area contributed by atoms with Crippen molar-refractivity contribution >= 4 is 11.9 Å². The predicted molar refractivity (Wildman–Crippen MR) is 68.3 cm³/mol. The molecule has 0 aromatic heterocycles. The van der Waals surface area contributed by atoms with Crippen molar-refractivity contribution in [2.45, 2.75) is 61.7 Å². The van der Waals surface area contributed by atoms with Gasteiger partial charge in [-0.1, -0.05) is 0 Å². The zero-order valence-corrected chi connectivity index (χ0v) is 12.1. The van der Waals surface area contributed by atoms with Crippen LogP contribution in [-0.2, 0) is 23.8 Å². The fourth-order valence-electron chi connectivity index (χ4n) is 2.47. The molecule has 0 aromatic rings. The summed E-state index contributed by atoms with van der Waals surface area (Å²) < 4.78 is 14.6. The first-order chi connectivity index (χ1) is 11.1. The molecule has 12 nitrogen and oxygen atoms in total. The molecule has 9 atom stereocenters. The van der Waals surface area contributed by atoms with Gasteiger partial charge in [0.15, 0.2) is 24.8 Å². The molecule has 0 aliphatic carbocycles. The second-order valence-electron chi connectivity index (χ2n) is 5.49. The highest BCUT2D eigenvalue weighted by Crippen LogP contribution is 2.28. The van der Waals surface area contributed by atoms with Crippen LogP contribution in [0.25, 0.3) is 0 Å². The van der Waals surface area contributed by atoms with Crippen LogP contribution in [0, 0.1) is 0 Å². The van der Waals surface area contributed by atoms with Gasteiger partial charge in [-0.2, -0.15) is 0 Å². The van der Waals surface area contributed by atoms with Gasteiger partial charge in [0.1, 0.15) is 24.4 Å². The van der Waals surface area contributed by atoms with Gasteiger partial charge in [-0.25, -0.2) is 9.59 Å². The first-order valence-electron chi connectivity index (χ1n) is 6.95. The maximum atomic E-state index is 11.2. The smallest absolute Gasteiger partial charge is 0.335 e. The van der Waals surface area contributed by atoms with Crippen LogP contribution in [0.5, 0.6) is 0 Å². The maximum absolute atomic E-state index is 11.2. The lowest BCUT2D eigenvalue weighted by Gasteiger charge is -2.42. The SMILES string of the molecule is O=C(O)C1C[C@H](O)[C@@H](O)[C@@H](O[C@@H]2[C@H](O)[C@@H](O)[C@H](O)O[C@@H]2C(=O)O)O1. The maximum Gasteiger partial charge on any atom is 0.335 e. The summed E-state index contributed by atoms with van der Waals surface area (Å²) in [7, 11) is 0. The number of rotatable bonds is 4. The van der Waals surface area contributed by atoms with Crippen molar-refractivity contribution in [1.82, 2.24) is 0 Å². The second kappa shape index (κ2) is 7.25. The Kier molecular flexibility index (Phi) is 5.72. The Balaban J connectivity index is 2.18. The predicted octanol–water partition coefficient (Wildman–Crippen LogP) is -4.18. The zero-order valence-electron chi connectivity index (χ0n) is 12.1. The van der Waals surface area contributed by atoms with Crippen LogP contribution in [0.1, 0.15) is 6.42 Å². The highest BCUT2D eigenvalue weighted by atomic mass is 16.7. The quantitative estimate of drug-likeness (QED) is 0.257. The van der Waals surface area contributed by atoms with Gasteiger partial charge in [0.2, 0.25) is 0 Å². The lowest BCUT2D eigenvalue weighted by molar-refractivity contribution is -0.336. The van der Waals surface area contributed by atoms with Crippen molar-refractivity contribution in [2.75, 3.05) is 0 Å². The van der Waals surface area contributed by atoms with E-state index in [1.165, 1.54) is 0 Å². The average Bonchev–Trinajstić information content (AvgIpc) is 2.51. The molecule has 12 heteroatoms. The summed E-state index contributed by atoms with van der Waals surface area (Å²) in [6.45, 7) is 0. The molecule has 0 radical (unpaired) electrons. The van der Waals surface area contributed by atoms with Gasteiger partial charge in [0.05, 0.1) is 6.10 Å². The number of aliphatic hydroxyl groups is 5. The van der Waals surface area contributed by atoms with E-state index >= 15 is 0 Å². The zero-order chi connectivity index (χ0) is 18.2. The molecule has 24 heavy (non-hydrogen) atoms. The Hall–Kier alpha value is -1.38. The van der Waals surface area contributed by atoms with E-state index < -0.39 is 73.7 Å². The molecule has 138 valence electrons. The Morgan fingerprint density at radius 3 is 2.04 bits per heavy atom. The first-order valence-corrected chi connectivity index (χ1v) is 6.95. The molecular formula is C12H18O12. The number of carbonyl (C=O) groups is 2. The van der Waals surface area contributed by atoms with Gasteiger partial charge < -0.3 is 50.0 Å². The number of aliphatic carboxylic acids is 2. The summed E-state index contributed by atoms with van der Waals surface area (Å²) in [5.41, 5.74) is 0. The van der Waals surface area contributed by atoms with E-state index in [-0.39, 0.29) is 0 Å². The molecule has 7 N–H and O–H groups in total. The number of hydrogen-bond acceptors (Lipinski definition) is 10. The molecule has 2 heterocycles. The molecule has 0 spiro atoms. The summed E-state index contributed by atoms with van der Waals surface area (Å²) in [6, 6.07) is 0. The Bertz CT molecular complexity index is 483. The van der Waals surface area contributed by atoms with Crippen LogP contribution >= 0.6 is 0 Å². The van der Waals surface area contributed by atoms with Gasteiger partial charge in [-0.15, -0.1) is 0 Å². The van der Waals surface area contributed by atoms with Crippen LogP contribution in [-0.4, -0.2) is 103 Å². The van der Waals surface area contributed by atoms with Crippen LogP contribution in [0.2, 0.25) is 0 Å². The fourth-order valence-corrected chi connectivity index (χ4v) is 2.47. The van der Waals surface area contributed by atoms with Gasteiger partial charge in [0, 0.05) is 6.42 Å². The molecule has 0 aromatic carbocycles. The van der Waals surface area contributed by atoms with Gasteiger partial charge in [0.25, 0.3) is 0 Å². The number of ether oxygens (including phenoxy) is 3. The standard InChI is InChI=1S/C12H18O12/c13-2-1-3(9(17)18)22-12(4(2)14)24-7-5(15)6(16)11(21)23-8(7)10(19)20/h2-8,11-16,21H,1H2,(H,17,18)(H,19,20)/t2-,3?,4+,5+,6+,7+,8-,11+,12+/m0/s1. The first kappa shape index (κ1) is 19.0. The highest BCUT2D eigenvalue weighted by Gasteiger charge is 2.51. The topological polar surface area (TPSA) is 203 Å². The lowest BCUT2D eigenvalue weighted by atomic mass is 9.97. The third-order valence-electron chi connectivity index (χ3n) is 3.80. The van der Waals surface area contributed by atoms with Crippen LogP contribution < -0.4 is 0 Å². The summed E-state index contributed by atoms with van der Waals surface area (Å²) >= 11 is 0. The molecule has 2 aliphatic rings. The summed E-state index contributed by atoms with van der Waals surface area (Å²) in [5, 5.41) is 66.3. The molecule has 2 aliphatic heterocycles. The number of aliphatic hydroxyl groups excluding tert-OH is 5. The molecule has 0 bridgehead atoms. The van der Waals surface area contributed by atoms with Crippen molar-refractivity contribution in [3.05, 3.63) is 0 Å². The van der Waals surface area contributed by atoms with E-state index in [1.54, 1.807) is 0 Å². The molecular weight excluding hydrogens is 336 g/mol. The minimum atomic E-state index is -1.99. The van der Waals surface area contributed by atoms with Gasteiger partial charge in [-0.3, -0.25) is 0 Å². The van der Waals surface area contributed by atoms with E-state index in [2.05, 4.69) is 4.74 Å². The van der Waals surface area contributed by atoms with Crippen LogP contribution in [0.15, 0.2) is 0 Å². The normalized spacial score (nSPS) is 46.5. The Morgan fingerprint density at radius 2 is 1.50 bits per heavy atom. The van der Waals surface area contributed by atoms with E-state index in [0.717, 1.165) is 0 Å². The van der Waals surface area contributed by atoms with Crippen molar-refractivity contribution in [1.29, 1.82) is 0 Å². The second-order valence-corrected chi connectivity index (χ2v) is 5.49. The van der Waals surface area contributed by atoms with Crippen LogP contribution in [0.4, 0.5) is 0 Å². The van der Waals surface area contributed by atoms with E-state index in [1.807, 2.05) is 0 Å².